The fraction of sp³-hybridized carbons (Fsp3) is 0.250. The quantitative estimate of drug-likeness (QED) is 0.628. The highest BCUT2D eigenvalue weighted by Gasteiger charge is 2.16. The van der Waals surface area contributed by atoms with Crippen LogP contribution >= 0.6 is 0 Å². The molecule has 3 nitrogen and oxygen atoms in total. The van der Waals surface area contributed by atoms with Crippen LogP contribution in [0.1, 0.15) is 22.3 Å². The molecule has 0 radical (unpaired) electrons. The Kier molecular flexibility index (Phi) is 3.49. The maximum absolute atomic E-state index is 11.2. The molecule has 0 amide bonds. The molecular weight excluding hydrogens is 236 g/mol. The molecule has 3 heteroatoms. The highest BCUT2D eigenvalue weighted by atomic mass is 16.5. The Morgan fingerprint density at radius 1 is 0.947 bits per heavy atom. The van der Waals surface area contributed by atoms with Gasteiger partial charge in [-0.2, -0.15) is 0 Å². The molecule has 0 spiro atoms. The molecule has 100 valence electrons. The number of hydrogen-bond acceptors (Lipinski definition) is 3. The summed E-state index contributed by atoms with van der Waals surface area (Å²) in [6, 6.07) is 8.07. The molecule has 0 saturated carbocycles. The summed E-state index contributed by atoms with van der Waals surface area (Å²) in [5.74, 6) is 0. The topological polar surface area (TPSA) is 61.1 Å². The maximum atomic E-state index is 11.2. The van der Waals surface area contributed by atoms with Crippen molar-refractivity contribution in [3.05, 3.63) is 51.7 Å². The average Bonchev–Trinajstić information content (AvgIpc) is 2.39. The van der Waals surface area contributed by atoms with Gasteiger partial charge in [0.05, 0.1) is 11.4 Å². The first-order valence-corrected chi connectivity index (χ1v) is 6.32. The van der Waals surface area contributed by atoms with E-state index in [0.29, 0.717) is 11.4 Å². The Labute approximate surface area is 114 Å². The molecular formula is C16H19N2O-. The SMILES string of the molecule is Cc1ccccc1-c1c(C)c(C)c(C)c(N[O-])c1N. The molecule has 2 rings (SSSR count). The highest BCUT2D eigenvalue weighted by molar-refractivity contribution is 5.91. The smallest absolute Gasteiger partial charge is 0.0627 e. The third-order valence-corrected chi connectivity index (χ3v) is 3.93. The molecule has 0 fully saturated rings. The van der Waals surface area contributed by atoms with Gasteiger partial charge in [0.2, 0.25) is 0 Å². The van der Waals surface area contributed by atoms with Crippen molar-refractivity contribution in [2.24, 2.45) is 0 Å². The number of benzene rings is 2. The van der Waals surface area contributed by atoms with E-state index >= 15 is 0 Å². The van der Waals surface area contributed by atoms with Gasteiger partial charge >= 0.3 is 0 Å². The first kappa shape index (κ1) is 13.4. The summed E-state index contributed by atoms with van der Waals surface area (Å²) in [4.78, 5) is 0. The molecule has 0 bridgehead atoms. The van der Waals surface area contributed by atoms with Crippen molar-refractivity contribution in [2.75, 3.05) is 11.2 Å². The molecule has 19 heavy (non-hydrogen) atoms. The molecule has 3 N–H and O–H groups in total. The third kappa shape index (κ3) is 2.06. The Balaban J connectivity index is 2.85. The zero-order chi connectivity index (χ0) is 14.2. The van der Waals surface area contributed by atoms with Gasteiger partial charge in [0.25, 0.3) is 0 Å². The van der Waals surface area contributed by atoms with Crippen LogP contribution in [0, 0.1) is 32.9 Å². The van der Waals surface area contributed by atoms with Crippen LogP contribution in [0.15, 0.2) is 24.3 Å². The predicted octanol–water partition coefficient (Wildman–Crippen LogP) is 4.08. The van der Waals surface area contributed by atoms with Gasteiger partial charge in [0.1, 0.15) is 0 Å². The molecule has 0 aliphatic heterocycles. The van der Waals surface area contributed by atoms with Crippen LogP contribution in [0.2, 0.25) is 0 Å². The summed E-state index contributed by atoms with van der Waals surface area (Å²) in [5.41, 5.74) is 15.5. The minimum atomic E-state index is 0.487. The van der Waals surface area contributed by atoms with Crippen molar-refractivity contribution in [1.82, 2.24) is 0 Å². The summed E-state index contributed by atoms with van der Waals surface area (Å²) in [5, 5.41) is 11.2. The first-order valence-electron chi connectivity index (χ1n) is 6.32. The minimum absolute atomic E-state index is 0.487. The summed E-state index contributed by atoms with van der Waals surface area (Å²) >= 11 is 0. The summed E-state index contributed by atoms with van der Waals surface area (Å²) < 4.78 is 0. The molecule has 2 aromatic carbocycles. The fourth-order valence-corrected chi connectivity index (χ4v) is 2.52. The van der Waals surface area contributed by atoms with Crippen LogP contribution < -0.4 is 11.2 Å². The average molecular weight is 255 g/mol. The molecule has 0 heterocycles. The first-order chi connectivity index (χ1) is 8.99. The number of hydrogen-bond donors (Lipinski definition) is 2. The van der Waals surface area contributed by atoms with Crippen molar-refractivity contribution in [1.29, 1.82) is 0 Å². The van der Waals surface area contributed by atoms with Crippen LogP contribution in [0.25, 0.3) is 11.1 Å². The van der Waals surface area contributed by atoms with E-state index in [1.807, 2.05) is 50.5 Å². The third-order valence-electron chi connectivity index (χ3n) is 3.93. The maximum Gasteiger partial charge on any atom is 0.0627 e. The molecule has 2 aromatic rings. The Morgan fingerprint density at radius 3 is 2.16 bits per heavy atom. The second-order valence-corrected chi connectivity index (χ2v) is 4.96. The van der Waals surface area contributed by atoms with E-state index < -0.39 is 0 Å². The fourth-order valence-electron chi connectivity index (χ4n) is 2.52. The van der Waals surface area contributed by atoms with Gasteiger partial charge in [-0.05, 0) is 55.5 Å². The number of anilines is 2. The lowest BCUT2D eigenvalue weighted by Gasteiger charge is -2.24. The predicted molar refractivity (Wildman–Crippen MR) is 82.2 cm³/mol. The summed E-state index contributed by atoms with van der Waals surface area (Å²) in [6.45, 7) is 8.04. The van der Waals surface area contributed by atoms with Crippen molar-refractivity contribution >= 4 is 11.4 Å². The van der Waals surface area contributed by atoms with Gasteiger partial charge in [-0.3, -0.25) is 0 Å². The molecule has 0 saturated heterocycles. The molecule has 0 aromatic heterocycles. The van der Waals surface area contributed by atoms with E-state index in [1.165, 1.54) is 0 Å². The Bertz CT molecular complexity index is 633. The largest absolute Gasteiger partial charge is 0.761 e. The molecule has 0 atom stereocenters. The second-order valence-electron chi connectivity index (χ2n) is 4.96. The van der Waals surface area contributed by atoms with Crippen LogP contribution in [-0.2, 0) is 0 Å². The molecule has 0 aliphatic rings. The van der Waals surface area contributed by atoms with Gasteiger partial charge in [-0.25, -0.2) is 0 Å². The number of aryl methyl sites for hydroxylation is 1. The van der Waals surface area contributed by atoms with Crippen LogP contribution in [0.3, 0.4) is 0 Å². The summed E-state index contributed by atoms with van der Waals surface area (Å²) in [7, 11) is 0. The van der Waals surface area contributed by atoms with Gasteiger partial charge < -0.3 is 16.4 Å². The van der Waals surface area contributed by atoms with E-state index in [0.717, 1.165) is 33.4 Å². The molecule has 0 aliphatic carbocycles. The second kappa shape index (κ2) is 4.94. The standard InChI is InChI=1S/C16H19N2O/c1-9-7-5-6-8-13(9)14-11(3)10(2)12(4)16(18-19)15(14)17/h5-8,18H,17H2,1-4H3/q-1. The van der Waals surface area contributed by atoms with Crippen molar-refractivity contribution < 1.29 is 0 Å². The zero-order valence-electron chi connectivity index (χ0n) is 11.8. The lowest BCUT2D eigenvalue weighted by Crippen LogP contribution is -2.05. The normalized spacial score (nSPS) is 10.6. The Morgan fingerprint density at radius 2 is 1.58 bits per heavy atom. The number of nitrogens with one attached hydrogen (secondary N) is 1. The lowest BCUT2D eigenvalue weighted by atomic mass is 9.89. The van der Waals surface area contributed by atoms with Gasteiger partial charge in [0.15, 0.2) is 0 Å². The Hall–Kier alpha value is -2.00. The number of nitrogen functional groups attached to an aromatic ring is 1. The van der Waals surface area contributed by atoms with Gasteiger partial charge in [0, 0.05) is 5.56 Å². The van der Waals surface area contributed by atoms with E-state index in [2.05, 4.69) is 6.92 Å². The van der Waals surface area contributed by atoms with Gasteiger partial charge in [-0.1, -0.05) is 24.3 Å². The number of rotatable bonds is 2. The monoisotopic (exact) mass is 255 g/mol. The van der Waals surface area contributed by atoms with E-state index in [-0.39, 0.29) is 0 Å². The van der Waals surface area contributed by atoms with E-state index in [1.54, 1.807) is 0 Å². The zero-order valence-corrected chi connectivity index (χ0v) is 11.8. The lowest BCUT2D eigenvalue weighted by molar-refractivity contribution is 1.26. The minimum Gasteiger partial charge on any atom is -0.761 e. The van der Waals surface area contributed by atoms with Crippen LogP contribution in [0.4, 0.5) is 11.4 Å². The molecule has 0 unspecified atom stereocenters. The van der Waals surface area contributed by atoms with Crippen molar-refractivity contribution in [3.8, 4) is 11.1 Å². The van der Waals surface area contributed by atoms with Crippen molar-refractivity contribution in [3.63, 3.8) is 0 Å². The van der Waals surface area contributed by atoms with Crippen molar-refractivity contribution in [2.45, 2.75) is 27.7 Å². The highest BCUT2D eigenvalue weighted by Crippen LogP contribution is 2.40. The van der Waals surface area contributed by atoms with Crippen LogP contribution in [-0.4, -0.2) is 0 Å². The van der Waals surface area contributed by atoms with E-state index in [4.69, 9.17) is 5.73 Å². The van der Waals surface area contributed by atoms with Gasteiger partial charge in [-0.15, -0.1) is 0 Å². The number of nitrogens with two attached hydrogens (primary N) is 1. The van der Waals surface area contributed by atoms with E-state index in [9.17, 15) is 5.21 Å². The summed E-state index contributed by atoms with van der Waals surface area (Å²) in [6.07, 6.45) is 0. The van der Waals surface area contributed by atoms with Crippen LogP contribution in [0.5, 0.6) is 0 Å².